The van der Waals surface area contributed by atoms with E-state index < -0.39 is 0 Å². The van der Waals surface area contributed by atoms with E-state index in [-0.39, 0.29) is 23.3 Å². The fourth-order valence-corrected chi connectivity index (χ4v) is 2.96. The van der Waals surface area contributed by atoms with Crippen LogP contribution >= 0.6 is 0 Å². The van der Waals surface area contributed by atoms with Crippen molar-refractivity contribution in [2.75, 3.05) is 6.54 Å². The average Bonchev–Trinajstić information content (AvgIpc) is 2.71. The number of carbonyl (C=O) groups is 2. The molecule has 6 nitrogen and oxygen atoms in total. The summed E-state index contributed by atoms with van der Waals surface area (Å²) in [7, 11) is 0. The molecular formula is C22H30N4O2. The average molecular weight is 383 g/mol. The number of rotatable bonds is 10. The maximum atomic E-state index is 12.2. The van der Waals surface area contributed by atoms with Gasteiger partial charge >= 0.3 is 0 Å². The predicted octanol–water partition coefficient (Wildman–Crippen LogP) is 3.61. The van der Waals surface area contributed by atoms with Crippen molar-refractivity contribution in [3.05, 3.63) is 60.2 Å². The molecule has 1 atom stereocenters. The number of carbonyl (C=O) groups excluding carboxylic acids is 2. The lowest BCUT2D eigenvalue weighted by molar-refractivity contribution is 0.0928. The van der Waals surface area contributed by atoms with E-state index in [2.05, 4.69) is 34.4 Å². The highest BCUT2D eigenvalue weighted by molar-refractivity contribution is 5.92. The predicted molar refractivity (Wildman–Crippen MR) is 110 cm³/mol. The van der Waals surface area contributed by atoms with Crippen molar-refractivity contribution in [2.45, 2.75) is 52.5 Å². The molecular weight excluding hydrogens is 352 g/mol. The zero-order valence-electron chi connectivity index (χ0n) is 16.9. The van der Waals surface area contributed by atoms with E-state index in [1.807, 2.05) is 13.0 Å². The molecule has 0 fully saturated rings. The van der Waals surface area contributed by atoms with Gasteiger partial charge in [0, 0.05) is 25.0 Å². The van der Waals surface area contributed by atoms with E-state index in [4.69, 9.17) is 0 Å². The quantitative estimate of drug-likeness (QED) is 0.615. The standard InChI is InChI=1S/C22H30N4O2/c1-17(26-21(28)19-10-5-7-15-24-19)11-13-22(2,3)12-8-16-25-20(27)18-9-4-6-14-23-18/h4-7,9-10,14-15,17H,8,11-13,16H2,1-3H3,(H,25,27)(H,26,28)/t17-/m1/s1. The van der Waals surface area contributed by atoms with Gasteiger partial charge in [-0.25, -0.2) is 0 Å². The Morgan fingerprint density at radius 1 is 0.964 bits per heavy atom. The molecule has 2 aromatic rings. The highest BCUT2D eigenvalue weighted by Gasteiger charge is 2.20. The second kappa shape index (κ2) is 10.5. The lowest BCUT2D eigenvalue weighted by atomic mass is 9.82. The largest absolute Gasteiger partial charge is 0.351 e. The SMILES string of the molecule is C[C@H](CCC(C)(C)CCCNC(=O)c1ccccn1)NC(=O)c1ccccn1. The first-order valence-electron chi connectivity index (χ1n) is 9.78. The Hall–Kier alpha value is -2.76. The van der Waals surface area contributed by atoms with Crippen molar-refractivity contribution in [1.29, 1.82) is 0 Å². The van der Waals surface area contributed by atoms with E-state index >= 15 is 0 Å². The molecule has 0 aliphatic carbocycles. The molecule has 6 heteroatoms. The maximum Gasteiger partial charge on any atom is 0.270 e. The van der Waals surface area contributed by atoms with E-state index in [1.54, 1.807) is 42.7 Å². The monoisotopic (exact) mass is 382 g/mol. The molecule has 0 unspecified atom stereocenters. The summed E-state index contributed by atoms with van der Waals surface area (Å²) in [5, 5.41) is 5.92. The molecule has 28 heavy (non-hydrogen) atoms. The molecule has 2 rings (SSSR count). The van der Waals surface area contributed by atoms with Crippen molar-refractivity contribution in [2.24, 2.45) is 5.41 Å². The van der Waals surface area contributed by atoms with Crippen LogP contribution in [-0.2, 0) is 0 Å². The molecule has 0 saturated carbocycles. The normalized spacial score (nSPS) is 12.2. The fourth-order valence-electron chi connectivity index (χ4n) is 2.96. The molecule has 0 saturated heterocycles. The van der Waals surface area contributed by atoms with Crippen molar-refractivity contribution < 1.29 is 9.59 Å². The summed E-state index contributed by atoms with van der Waals surface area (Å²) in [6.45, 7) is 7.09. The second-order valence-electron chi connectivity index (χ2n) is 7.87. The molecule has 0 aliphatic rings. The second-order valence-corrected chi connectivity index (χ2v) is 7.87. The molecule has 0 spiro atoms. The number of pyridine rings is 2. The number of nitrogens with one attached hydrogen (secondary N) is 2. The zero-order valence-corrected chi connectivity index (χ0v) is 16.9. The number of hydrogen-bond acceptors (Lipinski definition) is 4. The third-order valence-electron chi connectivity index (χ3n) is 4.74. The Labute approximate surface area is 167 Å². The zero-order chi connectivity index (χ0) is 20.4. The highest BCUT2D eigenvalue weighted by Crippen LogP contribution is 2.28. The van der Waals surface area contributed by atoms with Gasteiger partial charge in [0.1, 0.15) is 11.4 Å². The Kier molecular flexibility index (Phi) is 8.11. The highest BCUT2D eigenvalue weighted by atomic mass is 16.2. The van der Waals surface area contributed by atoms with Gasteiger partial charge in [-0.3, -0.25) is 19.6 Å². The number of amides is 2. The van der Waals surface area contributed by atoms with Gasteiger partial charge in [0.2, 0.25) is 0 Å². The Bertz CT molecular complexity index is 748. The fraction of sp³-hybridized carbons (Fsp3) is 0.455. The first-order valence-corrected chi connectivity index (χ1v) is 9.78. The summed E-state index contributed by atoms with van der Waals surface area (Å²) in [5.74, 6) is -0.271. The van der Waals surface area contributed by atoms with Crippen LogP contribution in [0.25, 0.3) is 0 Å². The minimum absolute atomic E-state index is 0.0811. The van der Waals surface area contributed by atoms with Crippen molar-refractivity contribution in [1.82, 2.24) is 20.6 Å². The third-order valence-corrected chi connectivity index (χ3v) is 4.74. The summed E-state index contributed by atoms with van der Waals surface area (Å²) in [6.07, 6.45) is 7.02. The van der Waals surface area contributed by atoms with Crippen LogP contribution in [-0.4, -0.2) is 34.4 Å². The van der Waals surface area contributed by atoms with Crippen molar-refractivity contribution >= 4 is 11.8 Å². The molecule has 0 aromatic carbocycles. The van der Waals surface area contributed by atoms with Gasteiger partial charge in [-0.1, -0.05) is 26.0 Å². The van der Waals surface area contributed by atoms with Crippen molar-refractivity contribution in [3.8, 4) is 0 Å². The maximum absolute atomic E-state index is 12.2. The van der Waals surface area contributed by atoms with E-state index in [1.165, 1.54) is 0 Å². The number of nitrogens with zero attached hydrogens (tertiary/aromatic N) is 2. The number of hydrogen-bond donors (Lipinski definition) is 2. The van der Waals surface area contributed by atoms with Crippen LogP contribution in [0.15, 0.2) is 48.8 Å². The van der Waals surface area contributed by atoms with E-state index in [9.17, 15) is 9.59 Å². The van der Waals surface area contributed by atoms with Crippen molar-refractivity contribution in [3.63, 3.8) is 0 Å². The summed E-state index contributed by atoms with van der Waals surface area (Å²) in [4.78, 5) is 32.3. The Balaban J connectivity index is 1.65. The minimum Gasteiger partial charge on any atom is -0.351 e. The molecule has 2 aromatic heterocycles. The molecule has 0 aliphatic heterocycles. The van der Waals surface area contributed by atoms with Gasteiger partial charge in [-0.2, -0.15) is 0 Å². The van der Waals surface area contributed by atoms with Crippen LogP contribution < -0.4 is 10.6 Å². The first-order chi connectivity index (χ1) is 13.4. The van der Waals surface area contributed by atoms with Gasteiger partial charge in [0.15, 0.2) is 0 Å². The minimum atomic E-state index is -0.136. The lowest BCUT2D eigenvalue weighted by Crippen LogP contribution is -2.34. The smallest absolute Gasteiger partial charge is 0.270 e. The summed E-state index contributed by atoms with van der Waals surface area (Å²) >= 11 is 0. The summed E-state index contributed by atoms with van der Waals surface area (Å²) < 4.78 is 0. The number of aromatic nitrogens is 2. The van der Waals surface area contributed by atoms with Crippen LogP contribution in [0.3, 0.4) is 0 Å². The molecule has 2 N–H and O–H groups in total. The van der Waals surface area contributed by atoms with E-state index in [0.717, 1.165) is 25.7 Å². The van der Waals surface area contributed by atoms with Crippen LogP contribution in [0.5, 0.6) is 0 Å². The molecule has 2 amide bonds. The first kappa shape index (κ1) is 21.5. The van der Waals surface area contributed by atoms with Gasteiger partial charge in [-0.15, -0.1) is 0 Å². The van der Waals surface area contributed by atoms with E-state index in [0.29, 0.717) is 17.9 Å². The van der Waals surface area contributed by atoms with Crippen LogP contribution in [0, 0.1) is 5.41 Å². The van der Waals surface area contributed by atoms with Crippen LogP contribution in [0.2, 0.25) is 0 Å². The third kappa shape index (κ3) is 7.47. The molecule has 0 bridgehead atoms. The van der Waals surface area contributed by atoms with Gasteiger partial charge < -0.3 is 10.6 Å². The molecule has 0 radical (unpaired) electrons. The summed E-state index contributed by atoms with van der Waals surface area (Å²) in [6, 6.07) is 10.7. The van der Waals surface area contributed by atoms with Gasteiger partial charge in [-0.05, 0) is 62.3 Å². The summed E-state index contributed by atoms with van der Waals surface area (Å²) in [5.41, 5.74) is 1.02. The van der Waals surface area contributed by atoms with Gasteiger partial charge in [0.05, 0.1) is 0 Å². The van der Waals surface area contributed by atoms with Gasteiger partial charge in [0.25, 0.3) is 11.8 Å². The lowest BCUT2D eigenvalue weighted by Gasteiger charge is -2.26. The topological polar surface area (TPSA) is 84.0 Å². The van der Waals surface area contributed by atoms with Crippen LogP contribution in [0.1, 0.15) is 67.4 Å². The van der Waals surface area contributed by atoms with Crippen LogP contribution in [0.4, 0.5) is 0 Å². The molecule has 2 heterocycles. The Morgan fingerprint density at radius 2 is 1.57 bits per heavy atom. The molecule has 150 valence electrons. The Morgan fingerprint density at radius 3 is 2.14 bits per heavy atom.